The van der Waals surface area contributed by atoms with Crippen molar-refractivity contribution in [3.05, 3.63) is 46.1 Å². The van der Waals surface area contributed by atoms with E-state index in [2.05, 4.69) is 36.8 Å². The Kier molecular flexibility index (Phi) is 5.10. The average Bonchev–Trinajstić information content (AvgIpc) is 2.93. The maximum absolute atomic E-state index is 11.9. The third kappa shape index (κ3) is 4.16. The van der Waals surface area contributed by atoms with Crippen LogP contribution >= 0.6 is 15.9 Å². The zero-order valence-electron chi connectivity index (χ0n) is 11.4. The molecule has 0 aliphatic heterocycles. The highest BCUT2D eigenvalue weighted by Crippen LogP contribution is 2.15. The standard InChI is InChI=1S/C14H15BrN4O2/c1-2-9-7-12(19-18-9)17-13(20)8-16-14(21)10-5-3-4-6-11(10)15/h3-7H,2,8H2,1H3,(H,16,21)(H2,17,18,19,20). The molecule has 110 valence electrons. The summed E-state index contributed by atoms with van der Waals surface area (Å²) in [6.07, 6.45) is 0.807. The van der Waals surface area contributed by atoms with Crippen molar-refractivity contribution in [1.82, 2.24) is 15.5 Å². The largest absolute Gasteiger partial charge is 0.343 e. The van der Waals surface area contributed by atoms with Gasteiger partial charge >= 0.3 is 0 Å². The number of carbonyl (C=O) groups is 2. The fraction of sp³-hybridized carbons (Fsp3) is 0.214. The number of benzene rings is 1. The lowest BCUT2D eigenvalue weighted by Gasteiger charge is -2.06. The fourth-order valence-corrected chi connectivity index (χ4v) is 2.16. The highest BCUT2D eigenvalue weighted by Gasteiger charge is 2.11. The number of nitrogens with zero attached hydrogens (tertiary/aromatic N) is 1. The first-order valence-electron chi connectivity index (χ1n) is 6.47. The maximum atomic E-state index is 11.9. The summed E-state index contributed by atoms with van der Waals surface area (Å²) in [5, 5.41) is 11.9. The van der Waals surface area contributed by atoms with Crippen molar-refractivity contribution in [3.63, 3.8) is 0 Å². The van der Waals surface area contributed by atoms with Crippen LogP contribution in [0, 0.1) is 0 Å². The van der Waals surface area contributed by atoms with Gasteiger partial charge in [0.1, 0.15) is 0 Å². The molecule has 1 aromatic carbocycles. The highest BCUT2D eigenvalue weighted by molar-refractivity contribution is 9.10. The minimum atomic E-state index is -0.329. The van der Waals surface area contributed by atoms with Gasteiger partial charge in [-0.05, 0) is 34.5 Å². The van der Waals surface area contributed by atoms with E-state index in [1.165, 1.54) is 0 Å². The minimum absolute atomic E-state index is 0.117. The predicted octanol–water partition coefficient (Wildman–Crippen LogP) is 2.10. The fourth-order valence-electron chi connectivity index (χ4n) is 1.69. The summed E-state index contributed by atoms with van der Waals surface area (Å²) in [5.41, 5.74) is 1.42. The Bertz CT molecular complexity index is 654. The van der Waals surface area contributed by atoms with E-state index in [0.717, 1.165) is 12.1 Å². The van der Waals surface area contributed by atoms with E-state index in [1.54, 1.807) is 24.3 Å². The molecule has 21 heavy (non-hydrogen) atoms. The van der Waals surface area contributed by atoms with E-state index >= 15 is 0 Å². The molecule has 2 aromatic rings. The van der Waals surface area contributed by atoms with Crippen molar-refractivity contribution in [1.29, 1.82) is 0 Å². The number of hydrogen-bond acceptors (Lipinski definition) is 3. The lowest BCUT2D eigenvalue weighted by molar-refractivity contribution is -0.115. The second kappa shape index (κ2) is 7.03. The van der Waals surface area contributed by atoms with Crippen LogP contribution in [0.3, 0.4) is 0 Å². The SMILES string of the molecule is CCc1cc(NC(=O)CNC(=O)c2ccccc2Br)n[nH]1. The second-order valence-corrected chi connectivity index (χ2v) is 5.20. The van der Waals surface area contributed by atoms with Crippen molar-refractivity contribution < 1.29 is 9.59 Å². The summed E-state index contributed by atoms with van der Waals surface area (Å²) < 4.78 is 0.683. The summed E-state index contributed by atoms with van der Waals surface area (Å²) >= 11 is 3.29. The topological polar surface area (TPSA) is 86.9 Å². The van der Waals surface area contributed by atoms with Crippen LogP contribution in [0.15, 0.2) is 34.8 Å². The Morgan fingerprint density at radius 2 is 2.10 bits per heavy atom. The number of H-pyrrole nitrogens is 1. The quantitative estimate of drug-likeness (QED) is 0.771. The van der Waals surface area contributed by atoms with Crippen molar-refractivity contribution >= 4 is 33.6 Å². The molecule has 0 aliphatic carbocycles. The predicted molar refractivity (Wildman–Crippen MR) is 83.1 cm³/mol. The molecule has 0 fully saturated rings. The lowest BCUT2D eigenvalue weighted by Crippen LogP contribution is -2.33. The zero-order chi connectivity index (χ0) is 15.2. The van der Waals surface area contributed by atoms with E-state index in [1.807, 2.05) is 13.0 Å². The van der Waals surface area contributed by atoms with Crippen LogP contribution in [0.25, 0.3) is 0 Å². The maximum Gasteiger partial charge on any atom is 0.252 e. The van der Waals surface area contributed by atoms with Crippen LogP contribution < -0.4 is 10.6 Å². The third-order valence-corrected chi connectivity index (χ3v) is 3.50. The van der Waals surface area contributed by atoms with Gasteiger partial charge in [-0.25, -0.2) is 0 Å². The Balaban J connectivity index is 1.86. The highest BCUT2D eigenvalue weighted by atomic mass is 79.9. The Labute approximate surface area is 130 Å². The Morgan fingerprint density at radius 3 is 2.76 bits per heavy atom. The van der Waals surface area contributed by atoms with Gasteiger partial charge in [0.2, 0.25) is 5.91 Å². The van der Waals surface area contributed by atoms with Gasteiger partial charge in [-0.15, -0.1) is 0 Å². The molecule has 1 aromatic heterocycles. The number of amides is 2. The minimum Gasteiger partial charge on any atom is -0.343 e. The zero-order valence-corrected chi connectivity index (χ0v) is 13.0. The normalized spacial score (nSPS) is 10.2. The average molecular weight is 351 g/mol. The molecule has 6 nitrogen and oxygen atoms in total. The molecule has 0 aliphatic rings. The van der Waals surface area contributed by atoms with Crippen molar-refractivity contribution in [2.45, 2.75) is 13.3 Å². The first-order valence-corrected chi connectivity index (χ1v) is 7.26. The summed E-state index contributed by atoms with van der Waals surface area (Å²) in [5.74, 6) is -0.189. The molecule has 0 unspecified atom stereocenters. The van der Waals surface area contributed by atoms with Gasteiger partial charge in [0, 0.05) is 16.2 Å². The molecule has 0 spiro atoms. The van der Waals surface area contributed by atoms with Crippen LogP contribution in [-0.4, -0.2) is 28.6 Å². The van der Waals surface area contributed by atoms with E-state index in [4.69, 9.17) is 0 Å². The molecule has 0 saturated carbocycles. The first kappa shape index (κ1) is 15.2. The number of halogens is 1. The molecule has 3 N–H and O–H groups in total. The van der Waals surface area contributed by atoms with E-state index in [0.29, 0.717) is 15.9 Å². The first-order chi connectivity index (χ1) is 10.1. The Hall–Kier alpha value is -2.15. The molecule has 0 saturated heterocycles. The summed E-state index contributed by atoms with van der Waals surface area (Å²) in [6.45, 7) is 1.87. The smallest absolute Gasteiger partial charge is 0.252 e. The van der Waals surface area contributed by atoms with Crippen LogP contribution in [0.5, 0.6) is 0 Å². The molecule has 2 rings (SSSR count). The monoisotopic (exact) mass is 350 g/mol. The van der Waals surface area contributed by atoms with Crippen molar-refractivity contribution in [3.8, 4) is 0 Å². The number of carbonyl (C=O) groups excluding carboxylic acids is 2. The third-order valence-electron chi connectivity index (χ3n) is 2.81. The number of aromatic amines is 1. The number of rotatable bonds is 5. The van der Waals surface area contributed by atoms with Gasteiger partial charge < -0.3 is 10.6 Å². The van der Waals surface area contributed by atoms with Gasteiger partial charge in [0.25, 0.3) is 5.91 Å². The van der Waals surface area contributed by atoms with Gasteiger partial charge in [0.15, 0.2) is 5.82 Å². The molecular formula is C14H15BrN4O2. The lowest BCUT2D eigenvalue weighted by atomic mass is 10.2. The van der Waals surface area contributed by atoms with E-state index in [-0.39, 0.29) is 18.4 Å². The van der Waals surface area contributed by atoms with Crippen LogP contribution in [-0.2, 0) is 11.2 Å². The van der Waals surface area contributed by atoms with Crippen molar-refractivity contribution in [2.24, 2.45) is 0 Å². The number of hydrogen-bond donors (Lipinski definition) is 3. The van der Waals surface area contributed by atoms with Crippen LogP contribution in [0.4, 0.5) is 5.82 Å². The molecule has 0 bridgehead atoms. The molecule has 1 heterocycles. The van der Waals surface area contributed by atoms with Gasteiger partial charge in [-0.3, -0.25) is 14.7 Å². The number of aromatic nitrogens is 2. The molecule has 2 amide bonds. The van der Waals surface area contributed by atoms with Crippen LogP contribution in [0.2, 0.25) is 0 Å². The number of nitrogens with one attached hydrogen (secondary N) is 3. The number of aryl methyl sites for hydroxylation is 1. The van der Waals surface area contributed by atoms with Gasteiger partial charge in [-0.2, -0.15) is 5.10 Å². The van der Waals surface area contributed by atoms with Crippen molar-refractivity contribution in [2.75, 3.05) is 11.9 Å². The number of anilines is 1. The summed E-state index contributed by atoms with van der Waals surface area (Å²) in [4.78, 5) is 23.7. The molecule has 0 radical (unpaired) electrons. The summed E-state index contributed by atoms with van der Waals surface area (Å²) in [7, 11) is 0. The van der Waals surface area contributed by atoms with E-state index in [9.17, 15) is 9.59 Å². The van der Waals surface area contributed by atoms with Crippen LogP contribution in [0.1, 0.15) is 23.0 Å². The van der Waals surface area contributed by atoms with Gasteiger partial charge in [-0.1, -0.05) is 19.1 Å². The molecule has 7 heteroatoms. The summed E-state index contributed by atoms with van der Waals surface area (Å²) in [6, 6.07) is 8.78. The second-order valence-electron chi connectivity index (χ2n) is 4.34. The van der Waals surface area contributed by atoms with E-state index < -0.39 is 0 Å². The molecular weight excluding hydrogens is 336 g/mol. The van der Waals surface area contributed by atoms with Gasteiger partial charge in [0.05, 0.1) is 12.1 Å². The molecule has 0 atom stereocenters. The Morgan fingerprint density at radius 1 is 1.33 bits per heavy atom.